The molecule has 0 spiro atoms. The minimum absolute atomic E-state index is 1.01. The fourth-order valence-corrected chi connectivity index (χ4v) is 58.1. The van der Waals surface area contributed by atoms with Gasteiger partial charge in [-0.1, -0.05) is 0 Å². The molecule has 2 rings (SSSR count). The zero-order valence-corrected chi connectivity index (χ0v) is 32.5. The normalized spacial score (nSPS) is 12.6. The van der Waals surface area contributed by atoms with Gasteiger partial charge in [-0.25, -0.2) is 0 Å². The van der Waals surface area contributed by atoms with Gasteiger partial charge in [0.15, 0.2) is 0 Å². The van der Waals surface area contributed by atoms with Gasteiger partial charge >= 0.3 is 254 Å². The third kappa shape index (κ3) is 10.6. The van der Waals surface area contributed by atoms with Gasteiger partial charge < -0.3 is 0 Å². The topological polar surface area (TPSA) is 15.7 Å². The van der Waals surface area contributed by atoms with Crippen molar-refractivity contribution in [2.24, 2.45) is 0 Å². The second kappa shape index (κ2) is 18.5. The predicted octanol–water partition coefficient (Wildman–Crippen LogP) is 8.03. The number of benzene rings is 2. The molecule has 0 bridgehead atoms. The predicted molar refractivity (Wildman–Crippen MR) is 178 cm³/mol. The Morgan fingerprint density at radius 2 is 0.821 bits per heavy atom. The second-order valence-electron chi connectivity index (χ2n) is 12.3. The van der Waals surface area contributed by atoms with Crippen LogP contribution < -0.4 is 7.16 Å². The van der Waals surface area contributed by atoms with Crippen molar-refractivity contribution in [1.29, 1.82) is 0 Å². The van der Waals surface area contributed by atoms with Gasteiger partial charge in [0.25, 0.3) is 0 Å². The molecule has 0 saturated carbocycles. The van der Waals surface area contributed by atoms with Crippen molar-refractivity contribution in [2.75, 3.05) is 28.2 Å². The monoisotopic (exact) mass is 752 g/mol. The number of hydrogen-bond donors (Lipinski definition) is 0. The first-order chi connectivity index (χ1) is 18.8. The van der Waals surface area contributed by atoms with E-state index in [9.17, 15) is 0 Å². The summed E-state index contributed by atoms with van der Waals surface area (Å²) in [5.74, 6) is 0. The van der Waals surface area contributed by atoms with Gasteiger partial charge in [-0.05, 0) is 0 Å². The average Bonchev–Trinajstić information content (AvgIpc) is 2.92. The molecule has 0 aromatic heterocycles. The molecule has 0 radical (unpaired) electrons. The third-order valence-corrected chi connectivity index (χ3v) is 47.0. The van der Waals surface area contributed by atoms with Crippen LogP contribution in [0.2, 0.25) is 17.7 Å². The fourth-order valence-electron chi connectivity index (χ4n) is 6.21. The molecule has 0 aliphatic heterocycles. The molecule has 2 aromatic rings. The van der Waals surface area contributed by atoms with Crippen LogP contribution in [-0.4, -0.2) is 75.6 Å². The van der Waals surface area contributed by atoms with E-state index in [1.807, 2.05) is 0 Å². The van der Waals surface area contributed by atoms with E-state index in [2.05, 4.69) is 114 Å². The molecule has 0 fully saturated rings. The molecule has 39 heavy (non-hydrogen) atoms. The molecule has 2 aromatic carbocycles. The average molecular weight is 750 g/mol. The summed E-state index contributed by atoms with van der Waals surface area (Å²) in [4.78, 5) is 4.71. The Morgan fingerprint density at radius 1 is 0.513 bits per heavy atom. The van der Waals surface area contributed by atoms with Crippen LogP contribution in [0.4, 0.5) is 0 Å². The summed E-state index contributed by atoms with van der Waals surface area (Å²) < 4.78 is 17.1. The number of rotatable bonds is 20. The van der Waals surface area contributed by atoms with E-state index < -0.39 is 37.6 Å². The van der Waals surface area contributed by atoms with Crippen molar-refractivity contribution in [1.82, 2.24) is 9.80 Å². The van der Waals surface area contributed by atoms with Crippen LogP contribution in [0.25, 0.3) is 0 Å². The Balaban J connectivity index is 2.86. The molecule has 0 aliphatic rings. The van der Waals surface area contributed by atoms with Crippen LogP contribution in [0.1, 0.15) is 90.2 Å². The third-order valence-electron chi connectivity index (χ3n) is 8.12. The first kappa shape index (κ1) is 35.1. The van der Waals surface area contributed by atoms with E-state index >= 15 is 0 Å². The zero-order valence-electron chi connectivity index (χ0n) is 26.8. The molecule has 220 valence electrons. The molecule has 0 aliphatic carbocycles. The maximum absolute atomic E-state index is 8.43. The summed E-state index contributed by atoms with van der Waals surface area (Å²) in [7, 11) is 8.87. The first-order valence-corrected chi connectivity index (χ1v) is 29.2. The summed E-state index contributed by atoms with van der Waals surface area (Å²) >= 11 is -6.60. The van der Waals surface area contributed by atoms with E-state index in [0.29, 0.717) is 0 Å². The van der Waals surface area contributed by atoms with Crippen molar-refractivity contribution in [3.63, 3.8) is 0 Å². The van der Waals surface area contributed by atoms with Crippen LogP contribution in [0.5, 0.6) is 0 Å². The summed E-state index contributed by atoms with van der Waals surface area (Å²) in [5, 5.41) is 0. The quantitative estimate of drug-likeness (QED) is 0.128. The minimum atomic E-state index is -3.30. The Labute approximate surface area is 251 Å². The molecule has 0 amide bonds. The van der Waals surface area contributed by atoms with E-state index in [1.54, 1.807) is 18.3 Å². The zero-order chi connectivity index (χ0) is 28.7. The van der Waals surface area contributed by atoms with Gasteiger partial charge in [0, 0.05) is 0 Å². The SMILES string of the molecule is CCC[CH2][Sn]([CH2]CCC)([O][Sn]([CH2]CCC)([CH2]CCC)[c]1ccccc1CN(C)C)[c]1ccccc1CN(C)C. The first-order valence-electron chi connectivity index (χ1n) is 15.9. The Morgan fingerprint density at radius 3 is 1.10 bits per heavy atom. The second-order valence-corrected chi connectivity index (χ2v) is 36.9. The molecule has 0 atom stereocenters. The van der Waals surface area contributed by atoms with Gasteiger partial charge in [0.1, 0.15) is 0 Å². The Bertz CT molecular complexity index is 855. The van der Waals surface area contributed by atoms with Crippen LogP contribution in [0, 0.1) is 0 Å². The van der Waals surface area contributed by atoms with Crippen molar-refractivity contribution in [2.45, 2.75) is 110 Å². The Kier molecular flexibility index (Phi) is 16.6. The van der Waals surface area contributed by atoms with Crippen molar-refractivity contribution in [3.05, 3.63) is 59.7 Å². The molecule has 5 heteroatoms. The van der Waals surface area contributed by atoms with Gasteiger partial charge in [-0.3, -0.25) is 0 Å². The molecule has 0 unspecified atom stereocenters. The van der Waals surface area contributed by atoms with Crippen LogP contribution in [-0.2, 0) is 14.5 Å². The summed E-state index contributed by atoms with van der Waals surface area (Å²) in [6, 6.07) is 19.0. The molecule has 0 saturated heterocycles. The maximum atomic E-state index is 8.43. The fraction of sp³-hybridized carbons (Fsp3) is 0.647. The van der Waals surface area contributed by atoms with Gasteiger partial charge in [-0.2, -0.15) is 0 Å². The molecular formula is C34H60N2OSn2. The van der Waals surface area contributed by atoms with E-state index in [1.165, 1.54) is 69.1 Å². The molecule has 0 N–H and O–H groups in total. The van der Waals surface area contributed by atoms with E-state index in [-0.39, 0.29) is 0 Å². The van der Waals surface area contributed by atoms with E-state index in [0.717, 1.165) is 13.1 Å². The van der Waals surface area contributed by atoms with Gasteiger partial charge in [0.05, 0.1) is 0 Å². The molecule has 3 nitrogen and oxygen atoms in total. The number of hydrogen-bond acceptors (Lipinski definition) is 3. The van der Waals surface area contributed by atoms with Crippen LogP contribution in [0.15, 0.2) is 48.5 Å². The number of nitrogens with zero attached hydrogens (tertiary/aromatic N) is 2. The molecular weight excluding hydrogens is 690 g/mol. The summed E-state index contributed by atoms with van der Waals surface area (Å²) in [6.07, 6.45) is 10.2. The van der Waals surface area contributed by atoms with Crippen molar-refractivity contribution >= 4 is 44.7 Å². The van der Waals surface area contributed by atoms with Crippen molar-refractivity contribution < 1.29 is 1.41 Å². The molecule has 0 heterocycles. The van der Waals surface area contributed by atoms with Gasteiger partial charge in [-0.15, -0.1) is 0 Å². The summed E-state index contributed by atoms with van der Waals surface area (Å²) in [6.45, 7) is 11.5. The van der Waals surface area contributed by atoms with E-state index in [4.69, 9.17) is 1.41 Å². The number of unbranched alkanes of at least 4 members (excludes halogenated alkanes) is 4. The Hall–Kier alpha value is -0.0826. The standard InChI is InChI=1S/2C9H12N.4C4H9.O.2Sn/c2*1-10(2)8-9-6-4-3-5-7-9;4*1-3-4-2;;;/h2*3-6H,8H2,1-2H3;4*1,3-4H2,2H3;;;. The summed E-state index contributed by atoms with van der Waals surface area (Å²) in [5.41, 5.74) is 3.08. The van der Waals surface area contributed by atoms with Gasteiger partial charge in [0.2, 0.25) is 0 Å². The van der Waals surface area contributed by atoms with Crippen LogP contribution >= 0.6 is 0 Å². The van der Waals surface area contributed by atoms with Crippen LogP contribution in [0.3, 0.4) is 0 Å². The van der Waals surface area contributed by atoms with Crippen molar-refractivity contribution in [3.8, 4) is 0 Å².